The Morgan fingerprint density at radius 2 is 2.20 bits per heavy atom. The van der Waals surface area contributed by atoms with Crippen LogP contribution in [-0.4, -0.2) is 11.7 Å². The maximum Gasteiger partial charge on any atom is 0.137 e. The molecular weight excluding hydrogens is 190 g/mol. The number of nitriles is 1. The molecule has 1 aromatic rings. The van der Waals surface area contributed by atoms with Crippen molar-refractivity contribution in [1.82, 2.24) is 0 Å². The summed E-state index contributed by atoms with van der Waals surface area (Å²) in [5.41, 5.74) is 0.274. The van der Waals surface area contributed by atoms with Gasteiger partial charge in [0.05, 0.1) is 12.2 Å². The van der Waals surface area contributed by atoms with Gasteiger partial charge in [-0.1, -0.05) is 19.8 Å². The van der Waals surface area contributed by atoms with E-state index in [4.69, 9.17) is 10.00 Å². The van der Waals surface area contributed by atoms with Crippen LogP contribution in [0.4, 0.5) is 0 Å². The Labute approximate surface area is 89.9 Å². The lowest BCUT2D eigenvalue weighted by molar-refractivity contribution is 0.304. The maximum absolute atomic E-state index is 9.39. The monoisotopic (exact) mass is 205 g/mol. The van der Waals surface area contributed by atoms with Gasteiger partial charge in [-0.15, -0.1) is 0 Å². The van der Waals surface area contributed by atoms with E-state index in [2.05, 4.69) is 6.92 Å². The number of benzene rings is 1. The van der Waals surface area contributed by atoms with E-state index in [1.54, 1.807) is 12.1 Å². The molecule has 0 unspecified atom stereocenters. The third-order valence-corrected chi connectivity index (χ3v) is 2.11. The molecule has 0 atom stereocenters. The van der Waals surface area contributed by atoms with Crippen LogP contribution in [0.1, 0.15) is 31.7 Å². The van der Waals surface area contributed by atoms with E-state index < -0.39 is 0 Å². The maximum atomic E-state index is 9.39. The van der Waals surface area contributed by atoms with Crippen molar-refractivity contribution >= 4 is 0 Å². The van der Waals surface area contributed by atoms with Gasteiger partial charge in [0.25, 0.3) is 0 Å². The molecule has 0 bridgehead atoms. The van der Waals surface area contributed by atoms with Crippen molar-refractivity contribution in [2.75, 3.05) is 6.61 Å². The molecule has 1 aromatic carbocycles. The number of rotatable bonds is 5. The Kier molecular flexibility index (Phi) is 4.49. The van der Waals surface area contributed by atoms with Crippen LogP contribution in [0.2, 0.25) is 0 Å². The predicted molar refractivity (Wildman–Crippen MR) is 57.8 cm³/mol. The lowest BCUT2D eigenvalue weighted by Crippen LogP contribution is -1.96. The Bertz CT molecular complexity index is 355. The topological polar surface area (TPSA) is 53.2 Å². The second-order valence-corrected chi connectivity index (χ2v) is 3.35. The van der Waals surface area contributed by atoms with Gasteiger partial charge in [-0.3, -0.25) is 0 Å². The minimum absolute atomic E-state index is 0.0227. The fourth-order valence-electron chi connectivity index (χ4n) is 1.24. The third-order valence-electron chi connectivity index (χ3n) is 2.11. The van der Waals surface area contributed by atoms with Crippen molar-refractivity contribution in [3.05, 3.63) is 23.8 Å². The predicted octanol–water partition coefficient (Wildman–Crippen LogP) is 2.83. The number of unbranched alkanes of at least 4 members (excludes halogenated alkanes) is 2. The molecule has 3 nitrogen and oxygen atoms in total. The molecule has 0 spiro atoms. The fraction of sp³-hybridized carbons (Fsp3) is 0.417. The van der Waals surface area contributed by atoms with Gasteiger partial charge in [-0.05, 0) is 18.6 Å². The highest BCUT2D eigenvalue weighted by Gasteiger charge is 2.01. The van der Waals surface area contributed by atoms with E-state index in [1.807, 2.05) is 6.07 Å². The summed E-state index contributed by atoms with van der Waals surface area (Å²) >= 11 is 0. The Morgan fingerprint density at radius 3 is 2.80 bits per heavy atom. The van der Waals surface area contributed by atoms with Crippen LogP contribution < -0.4 is 4.74 Å². The van der Waals surface area contributed by atoms with E-state index in [0.717, 1.165) is 19.3 Å². The molecule has 0 aliphatic rings. The number of phenols is 1. The zero-order valence-corrected chi connectivity index (χ0v) is 8.86. The first-order valence-electron chi connectivity index (χ1n) is 5.14. The number of aromatic hydroxyl groups is 1. The van der Waals surface area contributed by atoms with Gasteiger partial charge in [-0.2, -0.15) is 5.26 Å². The van der Waals surface area contributed by atoms with E-state index >= 15 is 0 Å². The first kappa shape index (κ1) is 11.4. The molecule has 1 N–H and O–H groups in total. The van der Waals surface area contributed by atoms with E-state index in [0.29, 0.717) is 12.4 Å². The van der Waals surface area contributed by atoms with Crippen molar-refractivity contribution in [3.8, 4) is 17.6 Å². The molecule has 0 saturated heterocycles. The second-order valence-electron chi connectivity index (χ2n) is 3.35. The van der Waals surface area contributed by atoms with E-state index in [1.165, 1.54) is 6.07 Å². The van der Waals surface area contributed by atoms with Crippen molar-refractivity contribution < 1.29 is 9.84 Å². The molecule has 15 heavy (non-hydrogen) atoms. The molecule has 80 valence electrons. The first-order chi connectivity index (χ1) is 7.27. The first-order valence-corrected chi connectivity index (χ1v) is 5.14. The van der Waals surface area contributed by atoms with Crippen molar-refractivity contribution in [1.29, 1.82) is 5.26 Å². The molecule has 0 fully saturated rings. The van der Waals surface area contributed by atoms with E-state index in [9.17, 15) is 5.11 Å². The van der Waals surface area contributed by atoms with E-state index in [-0.39, 0.29) is 11.3 Å². The zero-order chi connectivity index (χ0) is 11.1. The molecular formula is C12H15NO2. The SMILES string of the molecule is CCCCCOc1ccc(C#N)c(O)c1. The van der Waals surface area contributed by atoms with Gasteiger partial charge < -0.3 is 9.84 Å². The summed E-state index contributed by atoms with van der Waals surface area (Å²) in [5, 5.41) is 18.0. The third kappa shape index (κ3) is 3.51. The molecule has 3 heteroatoms. The van der Waals surface area contributed by atoms with Crippen molar-refractivity contribution in [3.63, 3.8) is 0 Å². The number of ether oxygens (including phenoxy) is 1. The summed E-state index contributed by atoms with van der Waals surface area (Å²) in [4.78, 5) is 0. The average Bonchev–Trinajstić information content (AvgIpc) is 2.25. The average molecular weight is 205 g/mol. The van der Waals surface area contributed by atoms with Crippen LogP contribution in [0.25, 0.3) is 0 Å². The highest BCUT2D eigenvalue weighted by Crippen LogP contribution is 2.22. The number of hydrogen-bond acceptors (Lipinski definition) is 3. The van der Waals surface area contributed by atoms with Crippen LogP contribution in [-0.2, 0) is 0 Å². The molecule has 0 aromatic heterocycles. The highest BCUT2D eigenvalue weighted by molar-refractivity contribution is 5.46. The fourth-order valence-corrected chi connectivity index (χ4v) is 1.24. The standard InChI is InChI=1S/C12H15NO2/c1-2-3-4-7-15-11-6-5-10(9-13)12(14)8-11/h5-6,8,14H,2-4,7H2,1H3. The van der Waals surface area contributed by atoms with Gasteiger partial charge in [0.1, 0.15) is 17.6 Å². The van der Waals surface area contributed by atoms with Gasteiger partial charge >= 0.3 is 0 Å². The molecule has 0 saturated carbocycles. The Balaban J connectivity index is 2.49. The minimum atomic E-state index is -0.0227. The van der Waals surface area contributed by atoms with Crippen LogP contribution in [0.15, 0.2) is 18.2 Å². The zero-order valence-electron chi connectivity index (χ0n) is 8.86. The number of hydrogen-bond donors (Lipinski definition) is 1. The largest absolute Gasteiger partial charge is 0.506 e. The summed E-state index contributed by atoms with van der Waals surface area (Å²) in [6.45, 7) is 2.78. The molecule has 0 amide bonds. The normalized spacial score (nSPS) is 9.60. The van der Waals surface area contributed by atoms with Crippen molar-refractivity contribution in [2.24, 2.45) is 0 Å². The molecule has 0 radical (unpaired) electrons. The van der Waals surface area contributed by atoms with Crippen LogP contribution >= 0.6 is 0 Å². The Hall–Kier alpha value is -1.69. The van der Waals surface area contributed by atoms with Crippen LogP contribution in [0.3, 0.4) is 0 Å². The number of nitrogens with zero attached hydrogens (tertiary/aromatic N) is 1. The Morgan fingerprint density at radius 1 is 1.40 bits per heavy atom. The van der Waals surface area contributed by atoms with Gasteiger partial charge in [0, 0.05) is 6.07 Å². The lowest BCUT2D eigenvalue weighted by Gasteiger charge is -2.06. The summed E-state index contributed by atoms with van der Waals surface area (Å²) in [7, 11) is 0. The van der Waals surface area contributed by atoms with Gasteiger partial charge in [0.2, 0.25) is 0 Å². The lowest BCUT2D eigenvalue weighted by atomic mass is 10.2. The van der Waals surface area contributed by atoms with Gasteiger partial charge in [0.15, 0.2) is 0 Å². The minimum Gasteiger partial charge on any atom is -0.506 e. The molecule has 0 aliphatic carbocycles. The summed E-state index contributed by atoms with van der Waals surface area (Å²) in [6.07, 6.45) is 3.31. The summed E-state index contributed by atoms with van der Waals surface area (Å²) < 4.78 is 5.42. The second kappa shape index (κ2) is 5.92. The molecule has 0 aliphatic heterocycles. The molecule has 0 heterocycles. The highest BCUT2D eigenvalue weighted by atomic mass is 16.5. The van der Waals surface area contributed by atoms with Gasteiger partial charge in [-0.25, -0.2) is 0 Å². The smallest absolute Gasteiger partial charge is 0.137 e. The van der Waals surface area contributed by atoms with Crippen LogP contribution in [0, 0.1) is 11.3 Å². The van der Waals surface area contributed by atoms with Crippen LogP contribution in [0.5, 0.6) is 11.5 Å². The summed E-state index contributed by atoms with van der Waals surface area (Å²) in [5.74, 6) is 0.591. The quantitative estimate of drug-likeness (QED) is 0.752. The molecule has 1 rings (SSSR count). The van der Waals surface area contributed by atoms with Crippen molar-refractivity contribution in [2.45, 2.75) is 26.2 Å². The summed E-state index contributed by atoms with van der Waals surface area (Å²) in [6, 6.07) is 6.63. The number of phenolic OH excluding ortho intramolecular Hbond substituents is 1.